The summed E-state index contributed by atoms with van der Waals surface area (Å²) in [5.41, 5.74) is 0. The summed E-state index contributed by atoms with van der Waals surface area (Å²) in [6, 6.07) is 0. The van der Waals surface area contributed by atoms with Crippen LogP contribution in [-0.2, 0) is 27.3 Å². The first-order chi connectivity index (χ1) is 3.46. The second kappa shape index (κ2) is 43.3. The molecule has 13 heteroatoms. The Bertz CT molecular complexity index is 70.9. The molecule has 10 N–H and O–H groups in total. The van der Waals surface area contributed by atoms with Crippen molar-refractivity contribution in [1.29, 1.82) is 0 Å². The first kappa shape index (κ1) is 56.9. The summed E-state index contributed by atoms with van der Waals surface area (Å²) in [5.74, 6) is 0. The largest absolute Gasteiger partial charge is 0.412 e. The van der Waals surface area contributed by atoms with Crippen molar-refractivity contribution in [3.8, 4) is 0 Å². The van der Waals surface area contributed by atoms with Crippen LogP contribution in [0.3, 0.4) is 0 Å². The van der Waals surface area contributed by atoms with Crippen LogP contribution in [0.25, 0.3) is 0 Å². The summed E-state index contributed by atoms with van der Waals surface area (Å²) in [5, 5.41) is 27.3. The average Bonchev–Trinajstić information content (AvgIpc) is 1.25. The van der Waals surface area contributed by atoms with Gasteiger partial charge < -0.3 is 32.3 Å². The molecule has 0 rings (SSSR count). The molecule has 82 valence electrons. The van der Waals surface area contributed by atoms with Crippen molar-refractivity contribution >= 4 is 0 Å². The van der Waals surface area contributed by atoms with Gasteiger partial charge in [-0.15, -0.1) is 20.2 Å². The minimum Gasteiger partial charge on any atom is -0.412 e. The van der Waals surface area contributed by atoms with Crippen molar-refractivity contribution in [2.24, 2.45) is 0 Å². The van der Waals surface area contributed by atoms with Crippen LogP contribution in [0.4, 0.5) is 0 Å². The predicted molar refractivity (Wildman–Crippen MR) is 32.0 cm³/mol. The number of nitrogens with zero attached hydrogens (tertiary/aromatic N) is 2. The van der Waals surface area contributed by atoms with Crippen molar-refractivity contribution in [3.63, 3.8) is 0 Å². The Morgan fingerprint density at radius 2 is 0.769 bits per heavy atom. The van der Waals surface area contributed by atoms with Gasteiger partial charge in [-0.3, -0.25) is 0 Å². The van der Waals surface area contributed by atoms with Crippen molar-refractivity contribution < 1.29 is 69.8 Å². The van der Waals surface area contributed by atoms with Crippen LogP contribution < -0.4 is 0 Å². The minimum atomic E-state index is -1.50. The fraction of sp³-hybridized carbons (Fsp3) is 0. The molecule has 0 saturated heterocycles. The molecule has 0 aliphatic carbocycles. The van der Waals surface area contributed by atoms with Gasteiger partial charge in [-0.2, -0.15) is 0 Å². The van der Waals surface area contributed by atoms with E-state index in [1.165, 1.54) is 0 Å². The van der Waals surface area contributed by atoms with Gasteiger partial charge in [0.05, 0.1) is 0 Å². The zero-order valence-corrected chi connectivity index (χ0v) is 10.2. The summed E-state index contributed by atoms with van der Waals surface area (Å²) in [7, 11) is 0. The maximum atomic E-state index is 8.36. The van der Waals surface area contributed by atoms with Crippen LogP contribution in [0.5, 0.6) is 0 Å². The Hall–Kier alpha value is -0.838. The molecule has 0 saturated carbocycles. The van der Waals surface area contributed by atoms with Crippen LogP contribution in [0, 0.1) is 20.2 Å². The summed E-state index contributed by atoms with van der Waals surface area (Å²) in [4.78, 5) is 16.7. The summed E-state index contributed by atoms with van der Waals surface area (Å²) in [6.07, 6.45) is 0. The van der Waals surface area contributed by atoms with Crippen LogP contribution in [0.1, 0.15) is 0 Å². The van der Waals surface area contributed by atoms with E-state index in [1.54, 1.807) is 0 Å². The molecule has 0 bridgehead atoms. The quantitative estimate of drug-likeness (QED) is 0.255. The fourth-order valence-corrected chi connectivity index (χ4v) is 0. The molecule has 12 nitrogen and oxygen atoms in total. The molecular formula is H10CdN2O10. The van der Waals surface area contributed by atoms with Crippen molar-refractivity contribution in [1.82, 2.24) is 0 Å². The van der Waals surface area contributed by atoms with E-state index in [9.17, 15) is 0 Å². The third-order valence-electron chi connectivity index (χ3n) is 0. The molecular weight excluding hydrogens is 300 g/mol. The maximum Gasteiger partial charge on any atom is 0.291 e. The zero-order valence-electron chi connectivity index (χ0n) is 6.13. The van der Waals surface area contributed by atoms with Crippen molar-refractivity contribution in [2.45, 2.75) is 0 Å². The van der Waals surface area contributed by atoms with E-state index >= 15 is 0 Å². The molecule has 0 amide bonds. The van der Waals surface area contributed by atoms with Gasteiger partial charge in [0.15, 0.2) is 0 Å². The normalized spacial score (nSPS) is 3.69. The Morgan fingerprint density at radius 3 is 0.769 bits per heavy atom. The number of rotatable bonds is 0. The molecule has 0 atom stereocenters. The van der Waals surface area contributed by atoms with E-state index in [0.717, 1.165) is 0 Å². The van der Waals surface area contributed by atoms with Gasteiger partial charge in [0.2, 0.25) is 0 Å². The van der Waals surface area contributed by atoms with Crippen LogP contribution in [0.2, 0.25) is 0 Å². The van der Waals surface area contributed by atoms with Crippen molar-refractivity contribution in [2.75, 3.05) is 0 Å². The molecule has 0 heterocycles. The maximum absolute atomic E-state index is 8.36. The van der Waals surface area contributed by atoms with E-state index in [0.29, 0.717) is 0 Å². The van der Waals surface area contributed by atoms with Gasteiger partial charge in [-0.25, -0.2) is 0 Å². The first-order valence-corrected chi connectivity index (χ1v) is 1.13. The Kier molecular flexibility index (Phi) is 189. The molecule has 0 aromatic heterocycles. The Labute approximate surface area is 90.4 Å². The van der Waals surface area contributed by atoms with Gasteiger partial charge in [0, 0.05) is 27.3 Å². The standard InChI is InChI=1S/Cd.2HNO3.4H2O/c;2*2-1(3)4;;;;/h;2*(H,2,3,4);4*1H2. The van der Waals surface area contributed by atoms with E-state index in [-0.39, 0.29) is 49.2 Å². The Morgan fingerprint density at radius 1 is 0.769 bits per heavy atom. The SMILES string of the molecule is O.O.O.O.O=[N+]([O-])O.O=[N+]([O-])O.[Cd]. The minimum absolute atomic E-state index is 0. The van der Waals surface area contributed by atoms with Gasteiger partial charge in [-0.05, 0) is 0 Å². The number of hydrogen-bond donors (Lipinski definition) is 2. The third-order valence-corrected chi connectivity index (χ3v) is 0. The van der Waals surface area contributed by atoms with Crippen LogP contribution in [-0.4, -0.2) is 42.5 Å². The van der Waals surface area contributed by atoms with E-state index in [2.05, 4.69) is 0 Å². The number of hydrogen-bond acceptors (Lipinski definition) is 4. The first-order valence-electron chi connectivity index (χ1n) is 1.13. The molecule has 0 aliphatic heterocycles. The van der Waals surface area contributed by atoms with Crippen LogP contribution >= 0.6 is 0 Å². The van der Waals surface area contributed by atoms with Gasteiger partial charge >= 0.3 is 0 Å². The molecule has 0 fully saturated rings. The molecule has 0 aromatic rings. The molecule has 0 spiro atoms. The van der Waals surface area contributed by atoms with E-state index < -0.39 is 10.2 Å². The Balaban J connectivity index is -0.00000000800. The molecule has 0 unspecified atom stereocenters. The smallest absolute Gasteiger partial charge is 0.291 e. The summed E-state index contributed by atoms with van der Waals surface area (Å²) in [6.45, 7) is 0. The average molecular weight is 310 g/mol. The van der Waals surface area contributed by atoms with Crippen molar-refractivity contribution in [3.05, 3.63) is 20.2 Å². The van der Waals surface area contributed by atoms with Gasteiger partial charge in [0.1, 0.15) is 0 Å². The summed E-state index contributed by atoms with van der Waals surface area (Å²) < 4.78 is 0. The van der Waals surface area contributed by atoms with E-state index in [1.807, 2.05) is 0 Å². The van der Waals surface area contributed by atoms with Gasteiger partial charge in [0.25, 0.3) is 10.2 Å². The van der Waals surface area contributed by atoms with E-state index in [4.69, 9.17) is 30.6 Å². The molecule has 0 radical (unpaired) electrons. The monoisotopic (exact) mass is 312 g/mol. The predicted octanol–water partition coefficient (Wildman–Crippen LogP) is -4.00. The second-order valence-corrected chi connectivity index (χ2v) is 0.476. The second-order valence-electron chi connectivity index (χ2n) is 0.476. The molecule has 0 aromatic carbocycles. The zero-order chi connectivity index (χ0) is 7.15. The molecule has 0 aliphatic rings. The topological polar surface area (TPSA) is 253 Å². The molecule has 13 heavy (non-hydrogen) atoms. The summed E-state index contributed by atoms with van der Waals surface area (Å²) >= 11 is 0. The van der Waals surface area contributed by atoms with Gasteiger partial charge in [-0.1, -0.05) is 0 Å². The third kappa shape index (κ3) is 1330. The fourth-order valence-electron chi connectivity index (χ4n) is 0. The van der Waals surface area contributed by atoms with Crippen LogP contribution in [0.15, 0.2) is 0 Å².